The second kappa shape index (κ2) is 2.64. The van der Waals surface area contributed by atoms with E-state index in [1.54, 1.807) is 0 Å². The van der Waals surface area contributed by atoms with Gasteiger partial charge in [-0.3, -0.25) is 0 Å². The molecule has 0 aromatic heterocycles. The summed E-state index contributed by atoms with van der Waals surface area (Å²) in [6.07, 6.45) is 0. The van der Waals surface area contributed by atoms with E-state index >= 15 is 0 Å². The SMILES string of the molecule is CC(C)C1NNNC1C. The normalized spacial score (nSPS) is 36.0. The van der Waals surface area contributed by atoms with E-state index in [0.717, 1.165) is 0 Å². The van der Waals surface area contributed by atoms with Crippen molar-refractivity contribution in [2.75, 3.05) is 0 Å². The lowest BCUT2D eigenvalue weighted by Gasteiger charge is -2.16. The largest absolute Gasteiger partial charge is 0.240 e. The number of hydrogen-bond donors (Lipinski definition) is 3. The van der Waals surface area contributed by atoms with Crippen LogP contribution in [-0.2, 0) is 0 Å². The third kappa shape index (κ3) is 1.41. The van der Waals surface area contributed by atoms with Crippen LogP contribution in [0.2, 0.25) is 0 Å². The highest BCUT2D eigenvalue weighted by Crippen LogP contribution is 2.07. The Morgan fingerprint density at radius 1 is 1.22 bits per heavy atom. The maximum absolute atomic E-state index is 3.14. The average Bonchev–Trinajstić information content (AvgIpc) is 2.13. The maximum atomic E-state index is 3.14. The van der Waals surface area contributed by atoms with Gasteiger partial charge >= 0.3 is 0 Å². The Hall–Kier alpha value is -0.120. The smallest absolute Gasteiger partial charge is 0.0413 e. The summed E-state index contributed by atoms with van der Waals surface area (Å²) in [6, 6.07) is 1.09. The Bertz CT molecular complexity index is 92.3. The van der Waals surface area contributed by atoms with Gasteiger partial charge in [0.2, 0.25) is 0 Å². The van der Waals surface area contributed by atoms with Crippen molar-refractivity contribution in [1.82, 2.24) is 16.4 Å². The van der Waals surface area contributed by atoms with Gasteiger partial charge in [-0.1, -0.05) is 13.8 Å². The quantitative estimate of drug-likeness (QED) is 0.467. The molecule has 0 spiro atoms. The predicted octanol–water partition coefficient (Wildman–Crippen LogP) is 0.0119. The van der Waals surface area contributed by atoms with Crippen LogP contribution in [-0.4, -0.2) is 12.1 Å². The summed E-state index contributed by atoms with van der Waals surface area (Å²) >= 11 is 0. The third-order valence-corrected chi connectivity index (χ3v) is 1.80. The van der Waals surface area contributed by atoms with Crippen LogP contribution in [0.4, 0.5) is 0 Å². The van der Waals surface area contributed by atoms with E-state index in [9.17, 15) is 0 Å². The van der Waals surface area contributed by atoms with Crippen molar-refractivity contribution >= 4 is 0 Å². The molecule has 3 heteroatoms. The van der Waals surface area contributed by atoms with E-state index in [0.29, 0.717) is 18.0 Å². The zero-order valence-corrected chi connectivity index (χ0v) is 6.23. The second-order valence-electron chi connectivity index (χ2n) is 2.97. The van der Waals surface area contributed by atoms with Gasteiger partial charge in [-0.15, -0.1) is 0 Å². The molecule has 0 radical (unpaired) electrons. The highest BCUT2D eigenvalue weighted by atomic mass is 15.7. The highest BCUT2D eigenvalue weighted by molar-refractivity contribution is 4.82. The van der Waals surface area contributed by atoms with E-state index < -0.39 is 0 Å². The standard InChI is InChI=1S/C6H15N3/c1-4(2)6-5(3)7-9-8-6/h4-9H,1-3H3. The van der Waals surface area contributed by atoms with Crippen molar-refractivity contribution in [1.29, 1.82) is 0 Å². The Morgan fingerprint density at radius 3 is 2.11 bits per heavy atom. The van der Waals surface area contributed by atoms with Gasteiger partial charge in [-0.05, 0) is 12.8 Å². The minimum atomic E-state index is 0.532. The van der Waals surface area contributed by atoms with Crippen LogP contribution in [0.1, 0.15) is 20.8 Å². The number of hydrogen-bond acceptors (Lipinski definition) is 3. The first-order valence-corrected chi connectivity index (χ1v) is 3.48. The van der Waals surface area contributed by atoms with Gasteiger partial charge in [0.25, 0.3) is 0 Å². The first-order valence-electron chi connectivity index (χ1n) is 3.48. The first-order chi connectivity index (χ1) is 4.22. The summed E-state index contributed by atoms with van der Waals surface area (Å²) in [7, 11) is 0. The van der Waals surface area contributed by atoms with Gasteiger partial charge in [0.1, 0.15) is 0 Å². The van der Waals surface area contributed by atoms with E-state index in [1.165, 1.54) is 0 Å². The fourth-order valence-corrected chi connectivity index (χ4v) is 1.20. The third-order valence-electron chi connectivity index (χ3n) is 1.80. The summed E-state index contributed by atoms with van der Waals surface area (Å²) < 4.78 is 0. The Kier molecular flexibility index (Phi) is 2.05. The van der Waals surface area contributed by atoms with Crippen LogP contribution < -0.4 is 16.4 Å². The van der Waals surface area contributed by atoms with Crippen molar-refractivity contribution < 1.29 is 0 Å². The molecule has 1 aliphatic rings. The average molecular weight is 129 g/mol. The molecule has 2 atom stereocenters. The van der Waals surface area contributed by atoms with Crippen molar-refractivity contribution in [2.45, 2.75) is 32.9 Å². The number of rotatable bonds is 1. The molecular weight excluding hydrogens is 114 g/mol. The molecule has 0 aromatic rings. The second-order valence-corrected chi connectivity index (χ2v) is 2.97. The van der Waals surface area contributed by atoms with E-state index in [2.05, 4.69) is 37.2 Å². The van der Waals surface area contributed by atoms with Crippen LogP contribution in [0.3, 0.4) is 0 Å². The lowest BCUT2D eigenvalue weighted by atomic mass is 10.00. The van der Waals surface area contributed by atoms with Crippen LogP contribution in [0.15, 0.2) is 0 Å². The van der Waals surface area contributed by atoms with Crippen LogP contribution in [0, 0.1) is 5.92 Å². The van der Waals surface area contributed by atoms with Crippen molar-refractivity contribution in [3.8, 4) is 0 Å². The number of nitrogens with one attached hydrogen (secondary N) is 3. The van der Waals surface area contributed by atoms with Gasteiger partial charge in [0.05, 0.1) is 0 Å². The van der Waals surface area contributed by atoms with Gasteiger partial charge in [0.15, 0.2) is 0 Å². The molecule has 2 unspecified atom stereocenters. The fourth-order valence-electron chi connectivity index (χ4n) is 1.20. The first kappa shape index (κ1) is 6.99. The summed E-state index contributed by atoms with van der Waals surface area (Å²) in [5.41, 5.74) is 9.14. The molecule has 1 saturated heterocycles. The Morgan fingerprint density at radius 2 is 1.89 bits per heavy atom. The molecule has 0 saturated carbocycles. The molecule has 1 heterocycles. The molecule has 9 heavy (non-hydrogen) atoms. The fraction of sp³-hybridized carbons (Fsp3) is 1.00. The summed E-state index contributed by atoms with van der Waals surface area (Å²) in [5, 5.41) is 0. The minimum absolute atomic E-state index is 0.532. The molecule has 1 fully saturated rings. The monoisotopic (exact) mass is 129 g/mol. The van der Waals surface area contributed by atoms with E-state index in [-0.39, 0.29) is 0 Å². The topological polar surface area (TPSA) is 36.1 Å². The molecule has 0 amide bonds. The van der Waals surface area contributed by atoms with Crippen molar-refractivity contribution in [3.63, 3.8) is 0 Å². The molecule has 0 bridgehead atoms. The molecule has 54 valence electrons. The van der Waals surface area contributed by atoms with E-state index in [1.807, 2.05) is 0 Å². The van der Waals surface area contributed by atoms with Crippen LogP contribution in [0.5, 0.6) is 0 Å². The van der Waals surface area contributed by atoms with Gasteiger partial charge in [-0.25, -0.2) is 10.9 Å². The van der Waals surface area contributed by atoms with Gasteiger partial charge < -0.3 is 0 Å². The highest BCUT2D eigenvalue weighted by Gasteiger charge is 2.24. The number of hydrazine groups is 2. The summed E-state index contributed by atoms with van der Waals surface area (Å²) in [6.45, 7) is 6.59. The van der Waals surface area contributed by atoms with E-state index in [4.69, 9.17) is 0 Å². The molecule has 0 aliphatic carbocycles. The van der Waals surface area contributed by atoms with Gasteiger partial charge in [0, 0.05) is 12.1 Å². The minimum Gasteiger partial charge on any atom is -0.240 e. The Labute approximate surface area is 56.1 Å². The molecule has 3 nitrogen and oxygen atoms in total. The van der Waals surface area contributed by atoms with Crippen LogP contribution >= 0.6 is 0 Å². The predicted molar refractivity (Wildman–Crippen MR) is 37.5 cm³/mol. The molecule has 1 aliphatic heterocycles. The van der Waals surface area contributed by atoms with Crippen molar-refractivity contribution in [2.24, 2.45) is 5.92 Å². The lowest BCUT2D eigenvalue weighted by Crippen LogP contribution is -2.36. The maximum Gasteiger partial charge on any atom is 0.0413 e. The Balaban J connectivity index is 2.40. The summed E-state index contributed by atoms with van der Waals surface area (Å²) in [4.78, 5) is 0. The molecule has 1 rings (SSSR count). The zero-order chi connectivity index (χ0) is 6.85. The van der Waals surface area contributed by atoms with Crippen LogP contribution in [0.25, 0.3) is 0 Å². The molecule has 0 aromatic carbocycles. The summed E-state index contributed by atoms with van der Waals surface area (Å²) in [5.74, 6) is 0.683. The molecule has 3 N–H and O–H groups in total. The van der Waals surface area contributed by atoms with Gasteiger partial charge in [-0.2, -0.15) is 5.53 Å². The molecular formula is C6H15N3. The zero-order valence-electron chi connectivity index (χ0n) is 6.23. The lowest BCUT2D eigenvalue weighted by molar-refractivity contribution is 0.409. The van der Waals surface area contributed by atoms with Crippen molar-refractivity contribution in [3.05, 3.63) is 0 Å².